The largest absolute Gasteiger partial charge is 0.496 e. The molecule has 0 spiro atoms. The molecule has 0 aromatic heterocycles. The van der Waals surface area contributed by atoms with Crippen LogP contribution < -0.4 is 10.1 Å². The van der Waals surface area contributed by atoms with E-state index in [0.717, 1.165) is 18.4 Å². The van der Waals surface area contributed by atoms with Crippen molar-refractivity contribution in [3.05, 3.63) is 29.8 Å². The Hall–Kier alpha value is -2.04. The second-order valence-electron chi connectivity index (χ2n) is 7.20. The quantitative estimate of drug-likeness (QED) is 0.757. The van der Waals surface area contributed by atoms with Crippen molar-refractivity contribution in [2.45, 2.75) is 45.4 Å². The third-order valence-electron chi connectivity index (χ3n) is 5.07. The van der Waals surface area contributed by atoms with Crippen LogP contribution in [0.2, 0.25) is 0 Å². The summed E-state index contributed by atoms with van der Waals surface area (Å²) in [6.07, 6.45) is 5.46. The second-order valence-corrected chi connectivity index (χ2v) is 7.20. The second kappa shape index (κ2) is 9.44. The van der Waals surface area contributed by atoms with Gasteiger partial charge in [-0.2, -0.15) is 0 Å². The minimum Gasteiger partial charge on any atom is -0.496 e. The van der Waals surface area contributed by atoms with Gasteiger partial charge in [-0.05, 0) is 42.7 Å². The highest BCUT2D eigenvalue weighted by Gasteiger charge is 2.24. The van der Waals surface area contributed by atoms with Gasteiger partial charge in [-0.3, -0.25) is 9.59 Å². The Morgan fingerprint density at radius 1 is 1.32 bits per heavy atom. The van der Waals surface area contributed by atoms with Crippen molar-refractivity contribution in [1.29, 1.82) is 0 Å². The Morgan fingerprint density at radius 2 is 2.08 bits per heavy atom. The number of rotatable bonds is 8. The molecule has 0 aliphatic heterocycles. The number of aliphatic carboxylic acids is 1. The molecule has 2 rings (SSSR count). The van der Waals surface area contributed by atoms with E-state index in [0.29, 0.717) is 30.4 Å². The molecule has 1 aliphatic carbocycles. The van der Waals surface area contributed by atoms with E-state index >= 15 is 0 Å². The number of amides is 1. The van der Waals surface area contributed by atoms with Crippen molar-refractivity contribution < 1.29 is 19.4 Å². The number of methoxy groups -OCH3 is 1. The lowest BCUT2D eigenvalue weighted by Gasteiger charge is -2.26. The lowest BCUT2D eigenvalue weighted by atomic mass is 9.81. The van der Waals surface area contributed by atoms with Crippen molar-refractivity contribution in [3.63, 3.8) is 0 Å². The first-order chi connectivity index (χ1) is 12.0. The third kappa shape index (κ3) is 6.07. The molecule has 5 nitrogen and oxygen atoms in total. The summed E-state index contributed by atoms with van der Waals surface area (Å²) in [4.78, 5) is 23.7. The maximum atomic E-state index is 12.2. The number of para-hydroxylation sites is 1. The molecule has 1 saturated carbocycles. The van der Waals surface area contributed by atoms with E-state index in [1.54, 1.807) is 7.11 Å². The first-order valence-electron chi connectivity index (χ1n) is 9.11. The number of carboxylic acid groups (broad SMARTS) is 1. The molecular weight excluding hydrogens is 318 g/mol. The van der Waals surface area contributed by atoms with Gasteiger partial charge in [-0.15, -0.1) is 0 Å². The summed E-state index contributed by atoms with van der Waals surface area (Å²) in [6.45, 7) is 2.38. The molecule has 1 amide bonds. The smallest absolute Gasteiger partial charge is 0.308 e. The Labute approximate surface area is 149 Å². The number of carbonyl (C=O) groups is 2. The SMILES string of the molecule is COc1ccccc1CC(CNC(=O)CC1CCCC(C)C1)C(=O)O. The Balaban J connectivity index is 1.86. The molecule has 1 aliphatic rings. The number of carbonyl (C=O) groups excluding carboxylic acids is 1. The molecule has 1 aromatic carbocycles. The Kier molecular flexibility index (Phi) is 7.29. The van der Waals surface area contributed by atoms with Crippen LogP contribution in [0.3, 0.4) is 0 Å². The Bertz CT molecular complexity index is 587. The minimum atomic E-state index is -0.905. The number of benzene rings is 1. The number of hydrogen-bond acceptors (Lipinski definition) is 3. The van der Waals surface area contributed by atoms with Gasteiger partial charge in [0.1, 0.15) is 5.75 Å². The average Bonchev–Trinajstić information content (AvgIpc) is 2.58. The lowest BCUT2D eigenvalue weighted by Crippen LogP contribution is -2.35. The van der Waals surface area contributed by atoms with Gasteiger partial charge >= 0.3 is 5.97 Å². The molecule has 3 atom stereocenters. The fraction of sp³-hybridized carbons (Fsp3) is 0.600. The molecule has 0 radical (unpaired) electrons. The predicted molar refractivity (Wildman–Crippen MR) is 96.6 cm³/mol. The molecule has 138 valence electrons. The fourth-order valence-corrected chi connectivity index (χ4v) is 3.70. The van der Waals surface area contributed by atoms with Gasteiger partial charge in [0.15, 0.2) is 0 Å². The number of ether oxygens (including phenoxy) is 1. The maximum Gasteiger partial charge on any atom is 0.308 e. The monoisotopic (exact) mass is 347 g/mol. The van der Waals surface area contributed by atoms with Crippen molar-refractivity contribution in [1.82, 2.24) is 5.32 Å². The van der Waals surface area contributed by atoms with Crippen LogP contribution in [0.1, 0.15) is 44.6 Å². The van der Waals surface area contributed by atoms with E-state index in [1.165, 1.54) is 12.8 Å². The van der Waals surface area contributed by atoms with Crippen LogP contribution in [-0.2, 0) is 16.0 Å². The summed E-state index contributed by atoms with van der Waals surface area (Å²) in [5.74, 6) is 0.190. The fourth-order valence-electron chi connectivity index (χ4n) is 3.70. The highest BCUT2D eigenvalue weighted by Crippen LogP contribution is 2.30. The molecule has 0 bridgehead atoms. The van der Waals surface area contributed by atoms with Crippen LogP contribution in [0.4, 0.5) is 0 Å². The summed E-state index contributed by atoms with van der Waals surface area (Å²) in [7, 11) is 1.57. The molecule has 0 heterocycles. The van der Waals surface area contributed by atoms with Gasteiger partial charge in [-0.25, -0.2) is 0 Å². The van der Waals surface area contributed by atoms with Gasteiger partial charge in [0.2, 0.25) is 5.91 Å². The highest BCUT2D eigenvalue weighted by atomic mass is 16.5. The van der Waals surface area contributed by atoms with Crippen molar-refractivity contribution in [2.24, 2.45) is 17.8 Å². The zero-order valence-electron chi connectivity index (χ0n) is 15.2. The average molecular weight is 347 g/mol. The van der Waals surface area contributed by atoms with E-state index in [-0.39, 0.29) is 12.5 Å². The van der Waals surface area contributed by atoms with Crippen molar-refractivity contribution >= 4 is 11.9 Å². The zero-order valence-corrected chi connectivity index (χ0v) is 15.2. The molecule has 25 heavy (non-hydrogen) atoms. The summed E-state index contributed by atoms with van der Waals surface area (Å²) >= 11 is 0. The van der Waals surface area contributed by atoms with Gasteiger partial charge in [-0.1, -0.05) is 38.0 Å². The van der Waals surface area contributed by atoms with Crippen molar-refractivity contribution in [3.8, 4) is 5.75 Å². The van der Waals surface area contributed by atoms with Crippen LogP contribution in [0.15, 0.2) is 24.3 Å². The predicted octanol–water partition coefficient (Wildman–Crippen LogP) is 3.27. The molecule has 5 heteroatoms. The maximum absolute atomic E-state index is 12.2. The Morgan fingerprint density at radius 3 is 2.76 bits per heavy atom. The number of nitrogens with one attached hydrogen (secondary N) is 1. The summed E-state index contributed by atoms with van der Waals surface area (Å²) in [5, 5.41) is 12.3. The molecule has 1 aromatic rings. The zero-order chi connectivity index (χ0) is 18.2. The van der Waals surface area contributed by atoms with E-state index in [9.17, 15) is 14.7 Å². The minimum absolute atomic E-state index is 0.0367. The van der Waals surface area contributed by atoms with E-state index < -0.39 is 11.9 Å². The molecule has 3 unspecified atom stereocenters. The van der Waals surface area contributed by atoms with Gasteiger partial charge in [0, 0.05) is 13.0 Å². The third-order valence-corrected chi connectivity index (χ3v) is 5.07. The normalized spacial score (nSPS) is 21.4. The van der Waals surface area contributed by atoms with Crippen LogP contribution in [-0.4, -0.2) is 30.6 Å². The van der Waals surface area contributed by atoms with Crippen LogP contribution in [0.25, 0.3) is 0 Å². The van der Waals surface area contributed by atoms with Gasteiger partial charge in [0.25, 0.3) is 0 Å². The number of hydrogen-bond donors (Lipinski definition) is 2. The number of carboxylic acids is 1. The molecule has 1 fully saturated rings. The molecule has 2 N–H and O–H groups in total. The highest BCUT2D eigenvalue weighted by molar-refractivity contribution is 5.77. The van der Waals surface area contributed by atoms with Crippen LogP contribution in [0.5, 0.6) is 5.75 Å². The van der Waals surface area contributed by atoms with Gasteiger partial charge < -0.3 is 15.2 Å². The standard InChI is InChI=1S/C20H29NO4/c1-14-6-5-7-15(10-14)11-19(22)21-13-17(20(23)24)12-16-8-3-4-9-18(16)25-2/h3-4,8-9,14-15,17H,5-7,10-13H2,1-2H3,(H,21,22)(H,23,24). The van der Waals surface area contributed by atoms with Crippen molar-refractivity contribution in [2.75, 3.05) is 13.7 Å². The summed E-state index contributed by atoms with van der Waals surface area (Å²) in [5.41, 5.74) is 0.841. The first-order valence-corrected chi connectivity index (χ1v) is 9.11. The lowest BCUT2D eigenvalue weighted by molar-refractivity contribution is -0.141. The molecule has 0 saturated heterocycles. The topological polar surface area (TPSA) is 75.6 Å². The van der Waals surface area contributed by atoms with E-state index in [1.807, 2.05) is 24.3 Å². The van der Waals surface area contributed by atoms with Crippen LogP contribution >= 0.6 is 0 Å². The summed E-state index contributed by atoms with van der Waals surface area (Å²) < 4.78 is 5.28. The first kappa shape index (κ1) is 19.3. The van der Waals surface area contributed by atoms with Gasteiger partial charge in [0.05, 0.1) is 13.0 Å². The molecular formula is C20H29NO4. The van der Waals surface area contributed by atoms with E-state index in [2.05, 4.69) is 12.2 Å². The van der Waals surface area contributed by atoms with Crippen LogP contribution in [0, 0.1) is 17.8 Å². The van der Waals surface area contributed by atoms with E-state index in [4.69, 9.17) is 4.74 Å². The summed E-state index contributed by atoms with van der Waals surface area (Å²) in [6, 6.07) is 7.39.